The summed E-state index contributed by atoms with van der Waals surface area (Å²) in [5.74, 6) is 0.165. The van der Waals surface area contributed by atoms with Crippen LogP contribution in [0.25, 0.3) is 11.2 Å². The number of methoxy groups -OCH3 is 1. The number of hydrogen-bond donors (Lipinski definition) is 2. The number of rotatable bonds is 7. The molecule has 0 aliphatic heterocycles. The average Bonchev–Trinajstić information content (AvgIpc) is 2.77. The van der Waals surface area contributed by atoms with E-state index < -0.39 is 0 Å². The Balaban J connectivity index is 2.43. The van der Waals surface area contributed by atoms with Crippen LogP contribution in [0.5, 0.6) is 6.01 Å². The van der Waals surface area contributed by atoms with Gasteiger partial charge in [-0.05, 0) is 6.92 Å². The largest absolute Gasteiger partial charge is 0.461 e. The lowest BCUT2D eigenvalue weighted by Crippen LogP contribution is -2.17. The maximum absolute atomic E-state index is 12.1. The Kier molecular flexibility index (Phi) is 4.95. The molecule has 0 fully saturated rings. The van der Waals surface area contributed by atoms with Gasteiger partial charge in [-0.2, -0.15) is 9.97 Å². The highest BCUT2D eigenvalue weighted by Crippen LogP contribution is 2.18. The molecule has 3 N–H and O–H groups in total. The molecule has 0 saturated heterocycles. The monoisotopic (exact) mass is 305 g/mol. The molecule has 8 nitrogen and oxygen atoms in total. The molecule has 2 heterocycles. The maximum atomic E-state index is 12.1. The molecule has 8 heteroatoms. The van der Waals surface area contributed by atoms with Gasteiger partial charge in [0.15, 0.2) is 11.5 Å². The molecule has 0 aliphatic rings. The highest BCUT2D eigenvalue weighted by Gasteiger charge is 2.14. The van der Waals surface area contributed by atoms with Crippen molar-refractivity contribution in [2.45, 2.75) is 13.5 Å². The molecular formula is C14H19N5O3. The number of nitrogen functional groups attached to an aromatic ring is 1. The molecule has 0 atom stereocenters. The zero-order chi connectivity index (χ0) is 16.1. The summed E-state index contributed by atoms with van der Waals surface area (Å²) in [6.45, 7) is 6.61. The van der Waals surface area contributed by atoms with Crippen molar-refractivity contribution in [3.63, 3.8) is 0 Å². The standard InChI is InChI=1S/C14H19N5O3/c1-4-5-9(2)8-19-12-10(16-14(19)20)11(15)17-13(18-12)22-7-6-21-3/h4-5H,1,6-8H2,2-3H3,(H,16,20)(H2,15,17,18). The van der Waals surface area contributed by atoms with E-state index in [1.165, 1.54) is 4.57 Å². The van der Waals surface area contributed by atoms with Gasteiger partial charge < -0.3 is 20.2 Å². The number of ether oxygens (including phenoxy) is 2. The van der Waals surface area contributed by atoms with Crippen LogP contribution in [0.4, 0.5) is 5.82 Å². The van der Waals surface area contributed by atoms with E-state index in [0.717, 1.165) is 5.57 Å². The zero-order valence-corrected chi connectivity index (χ0v) is 12.6. The van der Waals surface area contributed by atoms with E-state index in [1.807, 2.05) is 13.0 Å². The molecule has 0 spiro atoms. The third-order valence-corrected chi connectivity index (χ3v) is 2.96. The highest BCUT2D eigenvalue weighted by atomic mass is 16.5. The second-order valence-electron chi connectivity index (χ2n) is 4.70. The summed E-state index contributed by atoms with van der Waals surface area (Å²) in [4.78, 5) is 23.0. The topological polar surface area (TPSA) is 108 Å². The molecule has 2 rings (SSSR count). The van der Waals surface area contributed by atoms with E-state index in [1.54, 1.807) is 13.2 Å². The van der Waals surface area contributed by atoms with Gasteiger partial charge in [-0.25, -0.2) is 4.79 Å². The summed E-state index contributed by atoms with van der Waals surface area (Å²) in [5, 5.41) is 0. The van der Waals surface area contributed by atoms with E-state index in [4.69, 9.17) is 15.2 Å². The molecule has 0 saturated carbocycles. The molecular weight excluding hydrogens is 286 g/mol. The summed E-state index contributed by atoms with van der Waals surface area (Å²) >= 11 is 0. The fraction of sp³-hybridized carbons (Fsp3) is 0.357. The molecule has 0 amide bonds. The number of allylic oxidation sites excluding steroid dienone is 3. The van der Waals surface area contributed by atoms with Gasteiger partial charge >= 0.3 is 11.7 Å². The summed E-state index contributed by atoms with van der Waals surface area (Å²) < 4.78 is 11.7. The Labute approximate surface area is 127 Å². The Bertz CT molecular complexity index is 760. The summed E-state index contributed by atoms with van der Waals surface area (Å²) in [6, 6.07) is 0.111. The van der Waals surface area contributed by atoms with Crippen LogP contribution < -0.4 is 16.2 Å². The van der Waals surface area contributed by atoms with Crippen LogP contribution in [0.1, 0.15) is 6.92 Å². The van der Waals surface area contributed by atoms with Gasteiger partial charge in [0.2, 0.25) is 0 Å². The van der Waals surface area contributed by atoms with Crippen LogP contribution >= 0.6 is 0 Å². The third kappa shape index (κ3) is 3.34. The first-order valence-corrected chi connectivity index (χ1v) is 6.72. The Morgan fingerprint density at radius 1 is 1.45 bits per heavy atom. The lowest BCUT2D eigenvalue weighted by atomic mass is 10.3. The fourth-order valence-corrected chi connectivity index (χ4v) is 1.96. The van der Waals surface area contributed by atoms with E-state index in [-0.39, 0.29) is 17.5 Å². The Morgan fingerprint density at radius 3 is 2.91 bits per heavy atom. The zero-order valence-electron chi connectivity index (χ0n) is 12.6. The first-order valence-electron chi connectivity index (χ1n) is 6.72. The minimum Gasteiger partial charge on any atom is -0.461 e. The predicted octanol–water partition coefficient (Wildman–Crippen LogP) is 0.859. The summed E-state index contributed by atoms with van der Waals surface area (Å²) in [7, 11) is 1.57. The third-order valence-electron chi connectivity index (χ3n) is 2.96. The average molecular weight is 305 g/mol. The van der Waals surface area contributed by atoms with E-state index in [0.29, 0.717) is 30.9 Å². The minimum absolute atomic E-state index is 0.111. The highest BCUT2D eigenvalue weighted by molar-refractivity contribution is 5.81. The van der Waals surface area contributed by atoms with Gasteiger partial charge in [0.1, 0.15) is 12.1 Å². The quantitative estimate of drug-likeness (QED) is 0.580. The molecule has 0 radical (unpaired) electrons. The van der Waals surface area contributed by atoms with Crippen LogP contribution in [0.2, 0.25) is 0 Å². The number of nitrogens with two attached hydrogens (primary N) is 1. The number of nitrogens with zero attached hydrogens (tertiary/aromatic N) is 3. The van der Waals surface area contributed by atoms with Gasteiger partial charge in [0.05, 0.1) is 13.2 Å². The number of aromatic amines is 1. The number of H-pyrrole nitrogens is 1. The normalized spacial score (nSPS) is 11.8. The van der Waals surface area contributed by atoms with E-state index in [2.05, 4.69) is 21.5 Å². The Hall–Kier alpha value is -2.61. The maximum Gasteiger partial charge on any atom is 0.328 e. The number of nitrogens with one attached hydrogen (secondary N) is 1. The molecule has 0 bridgehead atoms. The van der Waals surface area contributed by atoms with Crippen molar-refractivity contribution in [1.29, 1.82) is 0 Å². The lowest BCUT2D eigenvalue weighted by molar-refractivity contribution is 0.141. The van der Waals surface area contributed by atoms with Crippen molar-refractivity contribution in [1.82, 2.24) is 19.5 Å². The van der Waals surface area contributed by atoms with Crippen molar-refractivity contribution in [3.05, 3.63) is 34.8 Å². The SMILES string of the molecule is C=CC=C(C)Cn1c(=O)[nH]c2c(N)nc(OCCOC)nc21. The van der Waals surface area contributed by atoms with Crippen LogP contribution in [0.15, 0.2) is 29.1 Å². The lowest BCUT2D eigenvalue weighted by Gasteiger charge is -2.06. The van der Waals surface area contributed by atoms with Crippen molar-refractivity contribution in [2.75, 3.05) is 26.1 Å². The molecule has 2 aromatic heterocycles. The first kappa shape index (κ1) is 15.8. The molecule has 0 aromatic carbocycles. The molecule has 0 unspecified atom stereocenters. The second-order valence-corrected chi connectivity index (χ2v) is 4.70. The van der Waals surface area contributed by atoms with Crippen molar-refractivity contribution in [2.24, 2.45) is 0 Å². The van der Waals surface area contributed by atoms with Gasteiger partial charge in [0, 0.05) is 7.11 Å². The van der Waals surface area contributed by atoms with Crippen molar-refractivity contribution in [3.8, 4) is 6.01 Å². The minimum atomic E-state index is -0.304. The van der Waals surface area contributed by atoms with Crippen LogP contribution in [-0.4, -0.2) is 39.8 Å². The second kappa shape index (κ2) is 6.90. The summed E-state index contributed by atoms with van der Waals surface area (Å²) in [6.07, 6.45) is 3.49. The Morgan fingerprint density at radius 2 is 2.23 bits per heavy atom. The van der Waals surface area contributed by atoms with E-state index in [9.17, 15) is 4.79 Å². The smallest absolute Gasteiger partial charge is 0.328 e. The molecule has 2 aromatic rings. The van der Waals surface area contributed by atoms with Crippen molar-refractivity contribution >= 4 is 17.0 Å². The number of anilines is 1. The van der Waals surface area contributed by atoms with E-state index >= 15 is 0 Å². The van der Waals surface area contributed by atoms with Gasteiger partial charge in [-0.15, -0.1) is 0 Å². The summed E-state index contributed by atoms with van der Waals surface area (Å²) in [5.41, 5.74) is 7.31. The van der Waals surface area contributed by atoms with Gasteiger partial charge in [-0.3, -0.25) is 4.57 Å². The molecule has 118 valence electrons. The predicted molar refractivity (Wildman–Crippen MR) is 83.9 cm³/mol. The fourth-order valence-electron chi connectivity index (χ4n) is 1.96. The van der Waals surface area contributed by atoms with Crippen LogP contribution in [-0.2, 0) is 11.3 Å². The first-order chi connectivity index (χ1) is 10.6. The number of fused-ring (bicyclic) bond motifs is 1. The molecule has 22 heavy (non-hydrogen) atoms. The molecule has 0 aliphatic carbocycles. The van der Waals surface area contributed by atoms with Crippen molar-refractivity contribution < 1.29 is 9.47 Å². The van der Waals surface area contributed by atoms with Crippen LogP contribution in [0, 0.1) is 0 Å². The van der Waals surface area contributed by atoms with Crippen LogP contribution in [0.3, 0.4) is 0 Å². The number of hydrogen-bond acceptors (Lipinski definition) is 6. The van der Waals surface area contributed by atoms with Gasteiger partial charge in [0.25, 0.3) is 0 Å². The number of imidazole rings is 1. The van der Waals surface area contributed by atoms with Gasteiger partial charge in [-0.1, -0.05) is 24.3 Å². The number of aromatic nitrogens is 4.